The van der Waals surface area contributed by atoms with Crippen LogP contribution in [0.2, 0.25) is 0 Å². The maximum Gasteiger partial charge on any atom is 0.271 e. The predicted molar refractivity (Wildman–Crippen MR) is 90.3 cm³/mol. The molecule has 0 saturated heterocycles. The van der Waals surface area contributed by atoms with Gasteiger partial charge >= 0.3 is 0 Å². The molecule has 0 radical (unpaired) electrons. The van der Waals surface area contributed by atoms with Gasteiger partial charge in [-0.15, -0.1) is 11.3 Å². The van der Waals surface area contributed by atoms with Crippen molar-refractivity contribution in [3.05, 3.63) is 62.0 Å². The monoisotopic (exact) mass is 431 g/mol. The topological polar surface area (TPSA) is 80.3 Å². The number of carbonyl (C=O) groups excluding carboxylic acids is 2. The summed E-state index contributed by atoms with van der Waals surface area (Å²) in [5, 5.41) is -0.437. The predicted octanol–water partition coefficient (Wildman–Crippen LogP) is 3.32. The van der Waals surface area contributed by atoms with E-state index in [1.54, 1.807) is 18.2 Å². The molecule has 0 amide bonds. The van der Waals surface area contributed by atoms with Crippen LogP contribution >= 0.6 is 38.9 Å². The third-order valence-electron chi connectivity index (χ3n) is 3.11. The van der Waals surface area contributed by atoms with Crippen molar-refractivity contribution < 1.29 is 18.0 Å². The average Bonchev–Trinajstić information content (AvgIpc) is 2.97. The average molecular weight is 433 g/mol. The molecule has 0 aliphatic heterocycles. The summed E-state index contributed by atoms with van der Waals surface area (Å²) in [5.41, 5.74) is -0.156. The van der Waals surface area contributed by atoms with E-state index in [4.69, 9.17) is 11.6 Å². The molecule has 1 aromatic carbocycles. The van der Waals surface area contributed by atoms with Crippen LogP contribution in [-0.2, 0) is 10.0 Å². The lowest BCUT2D eigenvalue weighted by atomic mass is 9.93. The molecule has 1 aliphatic rings. The van der Waals surface area contributed by atoms with Crippen molar-refractivity contribution in [2.75, 3.05) is 0 Å². The van der Waals surface area contributed by atoms with Crippen LogP contribution < -0.4 is 4.72 Å². The van der Waals surface area contributed by atoms with Crippen molar-refractivity contribution in [1.29, 1.82) is 0 Å². The van der Waals surface area contributed by atoms with E-state index >= 15 is 0 Å². The highest BCUT2D eigenvalue weighted by atomic mass is 79.9. The molecule has 2 aromatic rings. The molecule has 0 unspecified atom stereocenters. The molecule has 5 nitrogen and oxygen atoms in total. The van der Waals surface area contributed by atoms with Gasteiger partial charge in [-0.25, -0.2) is 8.42 Å². The van der Waals surface area contributed by atoms with Gasteiger partial charge < -0.3 is 0 Å². The molecule has 1 N–H and O–H groups in total. The third kappa shape index (κ3) is 2.87. The number of rotatable bonds is 3. The van der Waals surface area contributed by atoms with Crippen molar-refractivity contribution in [1.82, 2.24) is 4.72 Å². The molecule has 0 saturated carbocycles. The number of halogens is 2. The fourth-order valence-corrected chi connectivity index (χ4v) is 5.44. The summed E-state index contributed by atoms with van der Waals surface area (Å²) < 4.78 is 27.4. The number of benzene rings is 1. The number of nitrogens with one attached hydrogen (secondary N) is 1. The fourth-order valence-electron chi connectivity index (χ4n) is 2.06. The van der Waals surface area contributed by atoms with Gasteiger partial charge in [-0.05, 0) is 28.1 Å². The van der Waals surface area contributed by atoms with E-state index in [0.717, 1.165) is 11.3 Å². The number of ketones is 2. The first-order chi connectivity index (χ1) is 10.8. The Labute approximate surface area is 149 Å². The summed E-state index contributed by atoms with van der Waals surface area (Å²) in [4.78, 5) is 24.7. The van der Waals surface area contributed by atoms with E-state index in [1.165, 1.54) is 18.2 Å². The van der Waals surface area contributed by atoms with Crippen LogP contribution in [-0.4, -0.2) is 20.0 Å². The summed E-state index contributed by atoms with van der Waals surface area (Å²) in [6.07, 6.45) is 0. The van der Waals surface area contributed by atoms with Crippen LogP contribution in [0, 0.1) is 0 Å². The Morgan fingerprint density at radius 3 is 2.17 bits per heavy atom. The number of hydrogen-bond donors (Lipinski definition) is 1. The highest BCUT2D eigenvalue weighted by Gasteiger charge is 2.34. The van der Waals surface area contributed by atoms with Crippen LogP contribution in [0.5, 0.6) is 0 Å². The van der Waals surface area contributed by atoms with E-state index in [-0.39, 0.29) is 15.3 Å². The maximum absolute atomic E-state index is 12.5. The number of allylic oxidation sites excluding steroid dienone is 2. The molecule has 1 aromatic heterocycles. The summed E-state index contributed by atoms with van der Waals surface area (Å²) >= 11 is 10.1. The molecule has 0 fully saturated rings. The summed E-state index contributed by atoms with van der Waals surface area (Å²) in [6, 6.07) is 9.07. The number of fused-ring (bicyclic) bond motifs is 1. The molecule has 1 heterocycles. The van der Waals surface area contributed by atoms with E-state index < -0.39 is 32.3 Å². The zero-order valence-corrected chi connectivity index (χ0v) is 15.1. The lowest BCUT2D eigenvalue weighted by Gasteiger charge is -2.18. The number of carbonyl (C=O) groups is 2. The zero-order chi connectivity index (χ0) is 16.8. The maximum atomic E-state index is 12.5. The lowest BCUT2D eigenvalue weighted by molar-refractivity contribution is 0.0977. The van der Waals surface area contributed by atoms with Gasteiger partial charge in [0.05, 0.1) is 3.79 Å². The molecule has 3 rings (SSSR count). The Morgan fingerprint density at radius 1 is 1.00 bits per heavy atom. The molecule has 1 aliphatic carbocycles. The summed E-state index contributed by atoms with van der Waals surface area (Å²) in [5.74, 6) is -1.23. The standard InChI is InChI=1S/C14H7BrClNO4S2/c15-9-5-6-10(22-9)23(20,21)17-12-11(16)13(18)7-3-1-2-4-8(7)14(12)19/h1-6,17H. The minimum atomic E-state index is -4.01. The third-order valence-corrected chi connectivity index (χ3v) is 6.94. The minimum Gasteiger partial charge on any atom is -0.287 e. The van der Waals surface area contributed by atoms with Crippen molar-refractivity contribution in [3.63, 3.8) is 0 Å². The van der Waals surface area contributed by atoms with Crippen LogP contribution in [0.4, 0.5) is 0 Å². The molecule has 0 bridgehead atoms. The smallest absolute Gasteiger partial charge is 0.271 e. The van der Waals surface area contributed by atoms with Crippen molar-refractivity contribution in [3.8, 4) is 0 Å². The molecule has 118 valence electrons. The Kier molecular flexibility index (Phi) is 4.18. The Hall–Kier alpha value is -1.48. The Morgan fingerprint density at radius 2 is 1.61 bits per heavy atom. The molecule has 0 atom stereocenters. The Bertz CT molecular complexity index is 978. The SMILES string of the molecule is O=C1C(Cl)=C(NS(=O)(=O)c2ccc(Br)s2)C(=O)c2ccccc21. The molecule has 9 heteroatoms. The van der Waals surface area contributed by atoms with Crippen molar-refractivity contribution in [2.45, 2.75) is 4.21 Å². The first-order valence-electron chi connectivity index (χ1n) is 6.17. The first-order valence-corrected chi connectivity index (χ1v) is 9.64. The number of hydrogen-bond acceptors (Lipinski definition) is 5. The van der Waals surface area contributed by atoms with Gasteiger partial charge in [0.2, 0.25) is 11.6 Å². The lowest BCUT2D eigenvalue weighted by Crippen LogP contribution is -2.32. The molecular formula is C14H7BrClNO4S2. The van der Waals surface area contributed by atoms with Gasteiger partial charge in [-0.3, -0.25) is 14.3 Å². The zero-order valence-electron chi connectivity index (χ0n) is 11.2. The summed E-state index contributed by atoms with van der Waals surface area (Å²) in [6.45, 7) is 0. The van der Waals surface area contributed by atoms with Crippen molar-refractivity contribution in [2.24, 2.45) is 0 Å². The number of thiophene rings is 1. The van der Waals surface area contributed by atoms with Gasteiger partial charge in [0.15, 0.2) is 0 Å². The molecular weight excluding hydrogens is 426 g/mol. The highest BCUT2D eigenvalue weighted by Crippen LogP contribution is 2.30. The molecule has 23 heavy (non-hydrogen) atoms. The van der Waals surface area contributed by atoms with Crippen LogP contribution in [0.25, 0.3) is 0 Å². The van der Waals surface area contributed by atoms with E-state index in [9.17, 15) is 18.0 Å². The van der Waals surface area contributed by atoms with Crippen LogP contribution in [0.3, 0.4) is 0 Å². The Balaban J connectivity index is 2.05. The van der Waals surface area contributed by atoms with E-state index in [1.807, 2.05) is 0 Å². The second-order valence-electron chi connectivity index (χ2n) is 4.56. The highest BCUT2D eigenvalue weighted by molar-refractivity contribution is 9.11. The second-order valence-corrected chi connectivity index (χ2v) is 9.31. The number of Topliss-reactive ketones (excluding diaryl/α,β-unsaturated/α-hetero) is 2. The quantitative estimate of drug-likeness (QED) is 0.807. The molecule has 0 spiro atoms. The van der Waals surface area contributed by atoms with Crippen molar-refractivity contribution >= 4 is 60.5 Å². The summed E-state index contributed by atoms with van der Waals surface area (Å²) in [7, 11) is -4.01. The normalized spacial score (nSPS) is 14.9. The van der Waals surface area contributed by atoms with E-state index in [2.05, 4.69) is 20.7 Å². The van der Waals surface area contributed by atoms with Gasteiger partial charge in [0.1, 0.15) is 14.9 Å². The van der Waals surface area contributed by atoms with E-state index in [0.29, 0.717) is 3.79 Å². The van der Waals surface area contributed by atoms with Crippen LogP contribution in [0.1, 0.15) is 20.7 Å². The second kappa shape index (κ2) is 5.86. The largest absolute Gasteiger partial charge is 0.287 e. The van der Waals surface area contributed by atoms with Gasteiger partial charge in [-0.2, -0.15) is 0 Å². The van der Waals surface area contributed by atoms with Gasteiger partial charge in [-0.1, -0.05) is 35.9 Å². The number of sulfonamides is 1. The first kappa shape index (κ1) is 16.4. The minimum absolute atomic E-state index is 0.000416. The van der Waals surface area contributed by atoms with Gasteiger partial charge in [0, 0.05) is 11.1 Å². The van der Waals surface area contributed by atoms with Crippen LogP contribution in [0.15, 0.2) is 55.1 Å². The van der Waals surface area contributed by atoms with Gasteiger partial charge in [0.25, 0.3) is 10.0 Å². The fraction of sp³-hybridized carbons (Fsp3) is 0.